The molecular weight excluding hydrogens is 447 g/mol. The minimum atomic E-state index is -4.62. The quantitative estimate of drug-likeness (QED) is 0.400. The van der Waals surface area contributed by atoms with Gasteiger partial charge in [0.1, 0.15) is 12.2 Å². The SMILES string of the molecule is CCN(CC(=O)Nc1ccccc1C(F)(F)F)C(=O)c1cc(-c2ccco2)nc2ccccc12. The number of anilines is 1. The number of hydrogen-bond acceptors (Lipinski definition) is 4. The lowest BCUT2D eigenvalue weighted by Crippen LogP contribution is -2.38. The highest BCUT2D eigenvalue weighted by Crippen LogP contribution is 2.34. The van der Waals surface area contributed by atoms with E-state index in [1.165, 1.54) is 29.4 Å². The third-order valence-electron chi connectivity index (χ3n) is 5.23. The van der Waals surface area contributed by atoms with Crippen LogP contribution in [0.15, 0.2) is 77.4 Å². The number of nitrogens with one attached hydrogen (secondary N) is 1. The number of aromatic nitrogens is 1. The monoisotopic (exact) mass is 467 g/mol. The molecule has 0 unspecified atom stereocenters. The minimum absolute atomic E-state index is 0.167. The second kappa shape index (κ2) is 9.38. The van der Waals surface area contributed by atoms with Crippen molar-refractivity contribution < 1.29 is 27.2 Å². The van der Waals surface area contributed by atoms with Gasteiger partial charge in [-0.1, -0.05) is 30.3 Å². The molecule has 2 amide bonds. The first-order chi connectivity index (χ1) is 16.3. The third kappa shape index (κ3) is 4.78. The van der Waals surface area contributed by atoms with Crippen molar-refractivity contribution in [3.05, 3.63) is 84.1 Å². The van der Waals surface area contributed by atoms with Gasteiger partial charge < -0.3 is 14.6 Å². The van der Waals surface area contributed by atoms with Crippen LogP contribution in [-0.4, -0.2) is 34.8 Å². The zero-order valence-electron chi connectivity index (χ0n) is 18.1. The lowest BCUT2D eigenvalue weighted by Gasteiger charge is -2.22. The Hall–Kier alpha value is -4.14. The number of benzene rings is 2. The first-order valence-electron chi connectivity index (χ1n) is 10.5. The molecule has 9 heteroatoms. The fraction of sp³-hybridized carbons (Fsp3) is 0.160. The van der Waals surface area contributed by atoms with E-state index in [1.54, 1.807) is 49.4 Å². The number of hydrogen-bond donors (Lipinski definition) is 1. The summed E-state index contributed by atoms with van der Waals surface area (Å²) < 4.78 is 45.2. The molecule has 34 heavy (non-hydrogen) atoms. The maximum atomic E-state index is 13.4. The maximum Gasteiger partial charge on any atom is 0.418 e. The predicted octanol–water partition coefficient (Wildman–Crippen LogP) is 5.61. The molecular formula is C25H20F3N3O3. The van der Waals surface area contributed by atoms with E-state index in [-0.39, 0.29) is 12.2 Å². The number of alkyl halides is 3. The molecule has 0 aliphatic carbocycles. The fourth-order valence-corrected chi connectivity index (χ4v) is 3.60. The number of pyridine rings is 1. The molecule has 0 radical (unpaired) electrons. The van der Waals surface area contributed by atoms with Gasteiger partial charge in [-0.05, 0) is 43.3 Å². The van der Waals surface area contributed by atoms with Crippen molar-refractivity contribution in [2.45, 2.75) is 13.1 Å². The number of furan rings is 1. The first kappa shape index (κ1) is 23.0. The molecule has 0 saturated heterocycles. The Morgan fingerprint density at radius 2 is 1.76 bits per heavy atom. The molecule has 0 saturated carbocycles. The lowest BCUT2D eigenvalue weighted by molar-refractivity contribution is -0.137. The van der Waals surface area contributed by atoms with Gasteiger partial charge in [0.15, 0.2) is 5.76 Å². The van der Waals surface area contributed by atoms with Gasteiger partial charge in [-0.15, -0.1) is 0 Å². The first-order valence-corrected chi connectivity index (χ1v) is 10.5. The standard InChI is InChI=1S/C25H20F3N3O3/c1-2-31(15-23(32)30-20-11-6-4-9-18(20)25(26,27)28)24(33)17-14-21(22-12-7-13-34-22)29-19-10-5-3-8-16(17)19/h3-14H,2,15H2,1H3,(H,30,32). The number of amides is 2. The largest absolute Gasteiger partial charge is 0.463 e. The molecule has 6 nitrogen and oxygen atoms in total. The summed E-state index contributed by atoms with van der Waals surface area (Å²) in [5.74, 6) is -0.714. The van der Waals surface area contributed by atoms with E-state index < -0.39 is 30.1 Å². The van der Waals surface area contributed by atoms with Gasteiger partial charge in [0.05, 0.1) is 28.6 Å². The Balaban J connectivity index is 1.62. The Labute approximate surface area is 193 Å². The van der Waals surface area contributed by atoms with Gasteiger partial charge in [0.2, 0.25) is 5.91 Å². The molecule has 0 spiro atoms. The van der Waals surface area contributed by atoms with Crippen molar-refractivity contribution in [2.75, 3.05) is 18.4 Å². The van der Waals surface area contributed by atoms with Crippen molar-refractivity contribution in [3.8, 4) is 11.5 Å². The van der Waals surface area contributed by atoms with Crippen LogP contribution in [0.4, 0.5) is 18.9 Å². The number of carbonyl (C=O) groups is 2. The highest BCUT2D eigenvalue weighted by atomic mass is 19.4. The van der Waals surface area contributed by atoms with E-state index in [9.17, 15) is 22.8 Å². The van der Waals surface area contributed by atoms with E-state index in [2.05, 4.69) is 10.3 Å². The summed E-state index contributed by atoms with van der Waals surface area (Å²) in [7, 11) is 0. The lowest BCUT2D eigenvalue weighted by atomic mass is 10.1. The molecule has 4 rings (SSSR count). The number of para-hydroxylation sites is 2. The number of fused-ring (bicyclic) bond motifs is 1. The van der Waals surface area contributed by atoms with Crippen molar-refractivity contribution >= 4 is 28.4 Å². The van der Waals surface area contributed by atoms with Crippen molar-refractivity contribution in [3.63, 3.8) is 0 Å². The summed E-state index contributed by atoms with van der Waals surface area (Å²) in [6.07, 6.45) is -3.13. The zero-order chi connectivity index (χ0) is 24.3. The summed E-state index contributed by atoms with van der Waals surface area (Å²) in [4.78, 5) is 31.9. The number of carbonyl (C=O) groups excluding carboxylic acids is 2. The number of rotatable bonds is 6. The Kier molecular flexibility index (Phi) is 6.36. The van der Waals surface area contributed by atoms with E-state index in [4.69, 9.17) is 4.42 Å². The Morgan fingerprint density at radius 3 is 2.47 bits per heavy atom. The molecule has 0 aliphatic rings. The second-order valence-electron chi connectivity index (χ2n) is 7.46. The van der Waals surface area contributed by atoms with Crippen LogP contribution in [0.2, 0.25) is 0 Å². The fourth-order valence-electron chi connectivity index (χ4n) is 3.60. The summed E-state index contributed by atoms with van der Waals surface area (Å²) in [5, 5.41) is 2.87. The van der Waals surface area contributed by atoms with E-state index in [1.807, 2.05) is 0 Å². The summed E-state index contributed by atoms with van der Waals surface area (Å²) in [6.45, 7) is 1.43. The molecule has 2 heterocycles. The van der Waals surface area contributed by atoms with E-state index in [0.717, 1.165) is 6.07 Å². The maximum absolute atomic E-state index is 13.4. The molecule has 174 valence electrons. The van der Waals surface area contributed by atoms with Gasteiger partial charge in [-0.3, -0.25) is 9.59 Å². The van der Waals surface area contributed by atoms with Crippen LogP contribution < -0.4 is 5.32 Å². The van der Waals surface area contributed by atoms with Crippen molar-refractivity contribution in [1.82, 2.24) is 9.88 Å². The topological polar surface area (TPSA) is 75.4 Å². The normalized spacial score (nSPS) is 11.4. The highest BCUT2D eigenvalue weighted by Gasteiger charge is 2.33. The van der Waals surface area contributed by atoms with E-state index in [0.29, 0.717) is 27.9 Å². The number of halogens is 3. The van der Waals surface area contributed by atoms with Gasteiger partial charge in [-0.2, -0.15) is 13.2 Å². The zero-order valence-corrected chi connectivity index (χ0v) is 18.1. The van der Waals surface area contributed by atoms with Gasteiger partial charge in [-0.25, -0.2) is 4.98 Å². The van der Waals surface area contributed by atoms with E-state index >= 15 is 0 Å². The molecule has 2 aromatic carbocycles. The van der Waals surface area contributed by atoms with Gasteiger partial charge >= 0.3 is 6.18 Å². The summed E-state index contributed by atoms with van der Waals surface area (Å²) >= 11 is 0. The Bertz CT molecular complexity index is 1330. The molecule has 2 aromatic heterocycles. The predicted molar refractivity (Wildman–Crippen MR) is 121 cm³/mol. The molecule has 0 fully saturated rings. The Morgan fingerprint density at radius 1 is 1.03 bits per heavy atom. The second-order valence-corrected chi connectivity index (χ2v) is 7.46. The van der Waals surface area contributed by atoms with Crippen molar-refractivity contribution in [2.24, 2.45) is 0 Å². The van der Waals surface area contributed by atoms with Gasteiger partial charge in [0, 0.05) is 11.9 Å². The third-order valence-corrected chi connectivity index (χ3v) is 5.23. The van der Waals surface area contributed by atoms with Crippen LogP contribution in [0, 0.1) is 0 Å². The molecule has 1 N–H and O–H groups in total. The summed E-state index contributed by atoms with van der Waals surface area (Å²) in [6, 6.07) is 16.8. The van der Waals surface area contributed by atoms with Crippen LogP contribution in [-0.2, 0) is 11.0 Å². The van der Waals surface area contributed by atoms with Gasteiger partial charge in [0.25, 0.3) is 5.91 Å². The minimum Gasteiger partial charge on any atom is -0.463 e. The van der Waals surface area contributed by atoms with Crippen LogP contribution in [0.1, 0.15) is 22.8 Å². The van der Waals surface area contributed by atoms with Crippen LogP contribution in [0.3, 0.4) is 0 Å². The molecule has 0 bridgehead atoms. The van der Waals surface area contributed by atoms with Crippen LogP contribution in [0.5, 0.6) is 0 Å². The van der Waals surface area contributed by atoms with Crippen LogP contribution in [0.25, 0.3) is 22.4 Å². The summed E-state index contributed by atoms with van der Waals surface area (Å²) in [5.41, 5.74) is 0.00673. The smallest absolute Gasteiger partial charge is 0.418 e. The molecule has 0 aliphatic heterocycles. The van der Waals surface area contributed by atoms with Crippen LogP contribution >= 0.6 is 0 Å². The molecule has 4 aromatic rings. The number of likely N-dealkylation sites (N-methyl/N-ethyl adjacent to an activating group) is 1. The van der Waals surface area contributed by atoms with Crippen molar-refractivity contribution in [1.29, 1.82) is 0 Å². The average molecular weight is 467 g/mol. The average Bonchev–Trinajstić information content (AvgIpc) is 3.36. The molecule has 0 atom stereocenters. The number of nitrogens with zero attached hydrogens (tertiary/aromatic N) is 2. The highest BCUT2D eigenvalue weighted by molar-refractivity contribution is 6.08.